The van der Waals surface area contributed by atoms with Gasteiger partial charge in [-0.1, -0.05) is 25.0 Å². The van der Waals surface area contributed by atoms with Gasteiger partial charge in [-0.2, -0.15) is 0 Å². The maximum atomic E-state index is 12.2. The highest BCUT2D eigenvalue weighted by molar-refractivity contribution is 5.97. The first-order valence-electron chi connectivity index (χ1n) is 6.42. The van der Waals surface area contributed by atoms with E-state index in [1.807, 2.05) is 12.1 Å². The number of amides is 1. The first-order chi connectivity index (χ1) is 8.72. The Morgan fingerprint density at radius 2 is 2.06 bits per heavy atom. The Labute approximate surface area is 108 Å². The molecular formula is C14H20N2O2. The molecule has 1 aromatic rings. The van der Waals surface area contributed by atoms with Gasteiger partial charge in [0, 0.05) is 12.1 Å². The molecule has 0 spiro atoms. The van der Waals surface area contributed by atoms with E-state index >= 15 is 0 Å². The second-order valence-electron chi connectivity index (χ2n) is 4.73. The molecule has 2 atom stereocenters. The zero-order chi connectivity index (χ0) is 13.0. The van der Waals surface area contributed by atoms with Gasteiger partial charge in [-0.15, -0.1) is 0 Å². The third-order valence-electron chi connectivity index (χ3n) is 3.49. The van der Waals surface area contributed by atoms with Gasteiger partial charge in [0.25, 0.3) is 5.91 Å². The molecule has 0 heterocycles. The topological polar surface area (TPSA) is 64.3 Å². The standard InChI is InChI=1S/C14H20N2O2/c1-18-13-9-5-2-6-10(13)14(17)16-12-8-4-3-7-11(12)15/h2,5-6,9,11-12H,3-4,7-8,15H2,1H3,(H,16,17)/t11-,12-/m1/s1. The molecule has 0 bridgehead atoms. The lowest BCUT2D eigenvalue weighted by Gasteiger charge is -2.29. The summed E-state index contributed by atoms with van der Waals surface area (Å²) >= 11 is 0. The molecule has 1 saturated carbocycles. The maximum Gasteiger partial charge on any atom is 0.255 e. The molecule has 4 nitrogen and oxygen atoms in total. The molecule has 1 aromatic carbocycles. The van der Waals surface area contributed by atoms with Crippen LogP contribution in [0, 0.1) is 0 Å². The van der Waals surface area contributed by atoms with Crippen LogP contribution in [0.1, 0.15) is 36.0 Å². The molecular weight excluding hydrogens is 228 g/mol. The molecule has 2 rings (SSSR count). The average molecular weight is 248 g/mol. The monoisotopic (exact) mass is 248 g/mol. The van der Waals surface area contributed by atoms with Crippen molar-refractivity contribution in [2.45, 2.75) is 37.8 Å². The Bertz CT molecular complexity index is 420. The number of nitrogens with one attached hydrogen (secondary N) is 1. The SMILES string of the molecule is COc1ccccc1C(=O)N[C@@H]1CCCC[C@H]1N. The molecule has 0 aromatic heterocycles. The molecule has 1 aliphatic rings. The number of carbonyl (C=O) groups excluding carboxylic acids is 1. The number of benzene rings is 1. The van der Waals surface area contributed by atoms with Crippen molar-refractivity contribution < 1.29 is 9.53 Å². The molecule has 18 heavy (non-hydrogen) atoms. The fourth-order valence-corrected chi connectivity index (χ4v) is 2.42. The van der Waals surface area contributed by atoms with Crippen LogP contribution in [0.3, 0.4) is 0 Å². The van der Waals surface area contributed by atoms with Gasteiger partial charge in [-0.3, -0.25) is 4.79 Å². The molecule has 1 aliphatic carbocycles. The Balaban J connectivity index is 2.07. The minimum absolute atomic E-state index is 0.0670. The van der Waals surface area contributed by atoms with Crippen LogP contribution in [-0.4, -0.2) is 25.1 Å². The summed E-state index contributed by atoms with van der Waals surface area (Å²) in [5.41, 5.74) is 6.60. The first kappa shape index (κ1) is 12.9. The normalized spacial score (nSPS) is 23.4. The van der Waals surface area contributed by atoms with Crippen LogP contribution in [0.4, 0.5) is 0 Å². The number of para-hydroxylation sites is 1. The Morgan fingerprint density at radius 3 is 2.78 bits per heavy atom. The van der Waals surface area contributed by atoms with Crippen molar-refractivity contribution >= 4 is 5.91 Å². The van der Waals surface area contributed by atoms with Crippen molar-refractivity contribution in [2.75, 3.05) is 7.11 Å². The summed E-state index contributed by atoms with van der Waals surface area (Å²) in [6.07, 6.45) is 4.23. The van der Waals surface area contributed by atoms with E-state index in [0.29, 0.717) is 11.3 Å². The zero-order valence-corrected chi connectivity index (χ0v) is 10.7. The highest BCUT2D eigenvalue weighted by Crippen LogP contribution is 2.20. The van der Waals surface area contributed by atoms with Gasteiger partial charge < -0.3 is 15.8 Å². The number of methoxy groups -OCH3 is 1. The number of hydrogen-bond donors (Lipinski definition) is 2. The van der Waals surface area contributed by atoms with Gasteiger partial charge in [-0.25, -0.2) is 0 Å². The van der Waals surface area contributed by atoms with E-state index in [1.54, 1.807) is 19.2 Å². The molecule has 0 saturated heterocycles. The molecule has 1 fully saturated rings. The van der Waals surface area contributed by atoms with Gasteiger partial charge in [0.1, 0.15) is 5.75 Å². The molecule has 98 valence electrons. The van der Waals surface area contributed by atoms with E-state index in [4.69, 9.17) is 10.5 Å². The summed E-state index contributed by atoms with van der Waals surface area (Å²) in [5, 5.41) is 3.02. The van der Waals surface area contributed by atoms with Gasteiger partial charge in [0.15, 0.2) is 0 Å². The van der Waals surface area contributed by atoms with E-state index in [9.17, 15) is 4.79 Å². The number of nitrogens with two attached hydrogens (primary N) is 1. The molecule has 3 N–H and O–H groups in total. The molecule has 0 radical (unpaired) electrons. The molecule has 4 heteroatoms. The van der Waals surface area contributed by atoms with Crippen molar-refractivity contribution in [3.63, 3.8) is 0 Å². The second-order valence-corrected chi connectivity index (χ2v) is 4.73. The summed E-state index contributed by atoms with van der Waals surface area (Å²) in [6.45, 7) is 0. The van der Waals surface area contributed by atoms with E-state index in [0.717, 1.165) is 25.7 Å². The number of hydrogen-bond acceptors (Lipinski definition) is 3. The minimum Gasteiger partial charge on any atom is -0.496 e. The lowest BCUT2D eigenvalue weighted by molar-refractivity contribution is 0.0918. The van der Waals surface area contributed by atoms with Crippen molar-refractivity contribution in [3.8, 4) is 5.75 Å². The second kappa shape index (κ2) is 5.87. The van der Waals surface area contributed by atoms with Crippen LogP contribution in [0.2, 0.25) is 0 Å². The van der Waals surface area contributed by atoms with E-state index < -0.39 is 0 Å². The lowest BCUT2D eigenvalue weighted by Crippen LogP contribution is -2.49. The van der Waals surface area contributed by atoms with Crippen molar-refractivity contribution in [2.24, 2.45) is 5.73 Å². The minimum atomic E-state index is -0.102. The molecule has 1 amide bonds. The van der Waals surface area contributed by atoms with Gasteiger partial charge in [-0.05, 0) is 25.0 Å². The Hall–Kier alpha value is -1.55. The summed E-state index contributed by atoms with van der Waals surface area (Å²) in [7, 11) is 1.57. The first-order valence-corrected chi connectivity index (χ1v) is 6.42. The summed E-state index contributed by atoms with van der Waals surface area (Å²) in [6, 6.07) is 7.38. The van der Waals surface area contributed by atoms with Gasteiger partial charge in [0.05, 0.1) is 12.7 Å². The maximum absolute atomic E-state index is 12.2. The van der Waals surface area contributed by atoms with Crippen LogP contribution in [0.15, 0.2) is 24.3 Å². The van der Waals surface area contributed by atoms with Crippen molar-refractivity contribution in [1.82, 2.24) is 5.32 Å². The quantitative estimate of drug-likeness (QED) is 0.855. The third-order valence-corrected chi connectivity index (χ3v) is 3.49. The zero-order valence-electron chi connectivity index (χ0n) is 10.7. The average Bonchev–Trinajstić information content (AvgIpc) is 2.41. The van der Waals surface area contributed by atoms with E-state index in [2.05, 4.69) is 5.32 Å². The fourth-order valence-electron chi connectivity index (χ4n) is 2.42. The highest BCUT2D eigenvalue weighted by Gasteiger charge is 2.24. The summed E-state index contributed by atoms with van der Waals surface area (Å²) < 4.78 is 5.19. The lowest BCUT2D eigenvalue weighted by atomic mass is 9.91. The van der Waals surface area contributed by atoms with Crippen LogP contribution in [0.25, 0.3) is 0 Å². The van der Waals surface area contributed by atoms with Crippen LogP contribution < -0.4 is 15.8 Å². The van der Waals surface area contributed by atoms with Crippen LogP contribution >= 0.6 is 0 Å². The molecule has 0 aliphatic heterocycles. The van der Waals surface area contributed by atoms with Crippen molar-refractivity contribution in [3.05, 3.63) is 29.8 Å². The molecule has 0 unspecified atom stereocenters. The smallest absolute Gasteiger partial charge is 0.255 e. The number of ether oxygens (including phenoxy) is 1. The van der Waals surface area contributed by atoms with Crippen molar-refractivity contribution in [1.29, 1.82) is 0 Å². The van der Waals surface area contributed by atoms with Crippen LogP contribution in [-0.2, 0) is 0 Å². The largest absolute Gasteiger partial charge is 0.496 e. The third kappa shape index (κ3) is 2.82. The Morgan fingerprint density at radius 1 is 1.33 bits per heavy atom. The summed E-state index contributed by atoms with van der Waals surface area (Å²) in [4.78, 5) is 12.2. The number of carbonyl (C=O) groups is 1. The summed E-state index contributed by atoms with van der Waals surface area (Å²) in [5.74, 6) is 0.495. The van der Waals surface area contributed by atoms with E-state index in [-0.39, 0.29) is 18.0 Å². The number of rotatable bonds is 3. The van der Waals surface area contributed by atoms with E-state index in [1.165, 1.54) is 0 Å². The van der Waals surface area contributed by atoms with Gasteiger partial charge in [0.2, 0.25) is 0 Å². The predicted octanol–water partition coefficient (Wildman–Crippen LogP) is 1.69. The fraction of sp³-hybridized carbons (Fsp3) is 0.500. The van der Waals surface area contributed by atoms with Crippen LogP contribution in [0.5, 0.6) is 5.75 Å². The highest BCUT2D eigenvalue weighted by atomic mass is 16.5. The predicted molar refractivity (Wildman–Crippen MR) is 70.7 cm³/mol. The van der Waals surface area contributed by atoms with Gasteiger partial charge >= 0.3 is 0 Å². The Kier molecular flexibility index (Phi) is 4.20.